The normalized spacial score (nSPS) is 17.8. The highest BCUT2D eigenvalue weighted by molar-refractivity contribution is 5.11. The second kappa shape index (κ2) is 5.76. The minimum absolute atomic E-state index is 0.214. The minimum Gasteiger partial charge on any atom is -0.370 e. The second-order valence-corrected chi connectivity index (χ2v) is 5.45. The lowest BCUT2D eigenvalue weighted by Gasteiger charge is -2.38. The van der Waals surface area contributed by atoms with Crippen molar-refractivity contribution in [2.45, 2.75) is 45.3 Å². The van der Waals surface area contributed by atoms with Gasteiger partial charge in [-0.05, 0) is 37.8 Å². The summed E-state index contributed by atoms with van der Waals surface area (Å²) >= 11 is 0. The highest BCUT2D eigenvalue weighted by Gasteiger charge is 2.41. The molecule has 0 saturated heterocycles. The van der Waals surface area contributed by atoms with E-state index in [-0.39, 0.29) is 5.60 Å². The van der Waals surface area contributed by atoms with E-state index in [4.69, 9.17) is 4.74 Å². The van der Waals surface area contributed by atoms with Gasteiger partial charge in [0.2, 0.25) is 0 Å². The average Bonchev–Trinajstić information content (AvgIpc) is 2.28. The zero-order chi connectivity index (χ0) is 13.0. The monoisotopic (exact) mass is 249 g/mol. The van der Waals surface area contributed by atoms with Crippen LogP contribution in [0.2, 0.25) is 0 Å². The van der Waals surface area contributed by atoms with Gasteiger partial charge in [0.05, 0.1) is 5.69 Å². The van der Waals surface area contributed by atoms with Gasteiger partial charge in [-0.1, -0.05) is 13.8 Å². The molecule has 0 amide bonds. The summed E-state index contributed by atoms with van der Waals surface area (Å²) in [5, 5.41) is 3.40. The van der Waals surface area contributed by atoms with E-state index in [1.165, 1.54) is 6.42 Å². The molecule has 1 fully saturated rings. The van der Waals surface area contributed by atoms with Crippen LogP contribution in [0, 0.1) is 5.92 Å². The summed E-state index contributed by atoms with van der Waals surface area (Å²) in [4.78, 5) is 9.02. The molecule has 100 valence electrons. The van der Waals surface area contributed by atoms with Crippen molar-refractivity contribution in [1.82, 2.24) is 15.3 Å². The third-order valence-corrected chi connectivity index (χ3v) is 3.53. The van der Waals surface area contributed by atoms with Crippen LogP contribution in [0.3, 0.4) is 0 Å². The van der Waals surface area contributed by atoms with E-state index >= 15 is 0 Å². The Bertz CT molecular complexity index is 383. The first-order valence-corrected chi connectivity index (χ1v) is 6.74. The molecule has 0 aromatic carbocycles. The van der Waals surface area contributed by atoms with Crippen molar-refractivity contribution in [2.24, 2.45) is 5.92 Å². The molecule has 18 heavy (non-hydrogen) atoms. The zero-order valence-electron chi connectivity index (χ0n) is 11.6. The topological polar surface area (TPSA) is 47.0 Å². The Morgan fingerprint density at radius 1 is 1.44 bits per heavy atom. The van der Waals surface area contributed by atoms with Gasteiger partial charge in [-0.3, -0.25) is 0 Å². The van der Waals surface area contributed by atoms with E-state index < -0.39 is 0 Å². The van der Waals surface area contributed by atoms with Crippen molar-refractivity contribution >= 4 is 0 Å². The summed E-state index contributed by atoms with van der Waals surface area (Å²) in [7, 11) is 1.76. The van der Waals surface area contributed by atoms with Gasteiger partial charge < -0.3 is 10.1 Å². The summed E-state index contributed by atoms with van der Waals surface area (Å²) in [6.45, 7) is 6.21. The summed E-state index contributed by atoms with van der Waals surface area (Å²) in [6, 6.07) is 1.97. The number of hydrogen-bond donors (Lipinski definition) is 1. The van der Waals surface area contributed by atoms with Crippen LogP contribution in [0.1, 0.15) is 44.6 Å². The van der Waals surface area contributed by atoms with Gasteiger partial charge in [0.1, 0.15) is 5.60 Å². The number of nitrogens with zero attached hydrogens (tertiary/aromatic N) is 2. The SMILES string of the molecule is COC1(c2nccc(CNCC(C)C)n2)CCC1. The van der Waals surface area contributed by atoms with Crippen LogP contribution in [-0.2, 0) is 16.9 Å². The quantitative estimate of drug-likeness (QED) is 0.840. The summed E-state index contributed by atoms with van der Waals surface area (Å²) in [5.41, 5.74) is 0.831. The largest absolute Gasteiger partial charge is 0.370 e. The van der Waals surface area contributed by atoms with Crippen LogP contribution in [0.25, 0.3) is 0 Å². The van der Waals surface area contributed by atoms with Crippen molar-refractivity contribution in [2.75, 3.05) is 13.7 Å². The number of rotatable bonds is 6. The first-order chi connectivity index (χ1) is 8.66. The first-order valence-electron chi connectivity index (χ1n) is 6.74. The van der Waals surface area contributed by atoms with Crippen LogP contribution < -0.4 is 5.32 Å². The Balaban J connectivity index is 2.01. The molecule has 1 aliphatic rings. The molecule has 0 atom stereocenters. The lowest BCUT2D eigenvalue weighted by Crippen LogP contribution is -2.38. The maximum absolute atomic E-state index is 5.61. The molecule has 0 bridgehead atoms. The molecule has 2 rings (SSSR count). The maximum Gasteiger partial charge on any atom is 0.160 e. The number of nitrogens with one attached hydrogen (secondary N) is 1. The van der Waals surface area contributed by atoms with E-state index in [2.05, 4.69) is 29.1 Å². The molecule has 0 aliphatic heterocycles. The van der Waals surface area contributed by atoms with E-state index in [1.54, 1.807) is 7.11 Å². The molecular weight excluding hydrogens is 226 g/mol. The molecule has 1 N–H and O–H groups in total. The standard InChI is InChI=1S/C14H23N3O/c1-11(2)9-15-10-12-5-8-16-13(17-12)14(18-3)6-4-7-14/h5,8,11,15H,4,6-7,9-10H2,1-3H3. The Hall–Kier alpha value is -1.00. The molecule has 4 heteroatoms. The predicted molar refractivity (Wildman–Crippen MR) is 71.1 cm³/mol. The average molecular weight is 249 g/mol. The first kappa shape index (κ1) is 13.4. The van der Waals surface area contributed by atoms with Crippen molar-refractivity contribution in [1.29, 1.82) is 0 Å². The fourth-order valence-corrected chi connectivity index (χ4v) is 2.22. The molecule has 1 aliphatic carbocycles. The van der Waals surface area contributed by atoms with Crippen LogP contribution in [0.4, 0.5) is 0 Å². The van der Waals surface area contributed by atoms with Crippen LogP contribution >= 0.6 is 0 Å². The molecule has 1 saturated carbocycles. The van der Waals surface area contributed by atoms with Crippen LogP contribution in [-0.4, -0.2) is 23.6 Å². The minimum atomic E-state index is -0.214. The Labute approximate surface area is 109 Å². The van der Waals surface area contributed by atoms with Crippen molar-refractivity contribution in [3.05, 3.63) is 23.8 Å². The molecule has 1 heterocycles. The summed E-state index contributed by atoms with van der Waals surface area (Å²) in [6.07, 6.45) is 5.11. The van der Waals surface area contributed by atoms with Gasteiger partial charge in [-0.25, -0.2) is 9.97 Å². The van der Waals surface area contributed by atoms with E-state index in [9.17, 15) is 0 Å². The fraction of sp³-hybridized carbons (Fsp3) is 0.714. The summed E-state index contributed by atoms with van der Waals surface area (Å²) < 4.78 is 5.61. The fourth-order valence-electron chi connectivity index (χ4n) is 2.22. The molecular formula is C14H23N3O. The second-order valence-electron chi connectivity index (χ2n) is 5.45. The molecule has 0 unspecified atom stereocenters. The van der Waals surface area contributed by atoms with Crippen molar-refractivity contribution < 1.29 is 4.74 Å². The van der Waals surface area contributed by atoms with Crippen LogP contribution in [0.15, 0.2) is 12.3 Å². The third-order valence-electron chi connectivity index (χ3n) is 3.53. The van der Waals surface area contributed by atoms with E-state index in [1.807, 2.05) is 12.3 Å². The number of hydrogen-bond acceptors (Lipinski definition) is 4. The van der Waals surface area contributed by atoms with E-state index in [0.717, 1.165) is 37.4 Å². The summed E-state index contributed by atoms with van der Waals surface area (Å²) in [5.74, 6) is 1.50. The molecule has 1 aromatic heterocycles. The molecule has 0 radical (unpaired) electrons. The van der Waals surface area contributed by atoms with Gasteiger partial charge in [0, 0.05) is 19.9 Å². The Morgan fingerprint density at radius 2 is 2.22 bits per heavy atom. The van der Waals surface area contributed by atoms with Gasteiger partial charge >= 0.3 is 0 Å². The lowest BCUT2D eigenvalue weighted by molar-refractivity contribution is -0.0848. The highest BCUT2D eigenvalue weighted by atomic mass is 16.5. The van der Waals surface area contributed by atoms with Gasteiger partial charge in [-0.2, -0.15) is 0 Å². The van der Waals surface area contributed by atoms with Gasteiger partial charge in [0.25, 0.3) is 0 Å². The number of methoxy groups -OCH3 is 1. The molecule has 1 aromatic rings. The van der Waals surface area contributed by atoms with Crippen molar-refractivity contribution in [3.63, 3.8) is 0 Å². The Morgan fingerprint density at radius 3 is 2.78 bits per heavy atom. The molecule has 4 nitrogen and oxygen atoms in total. The lowest BCUT2D eigenvalue weighted by atomic mass is 9.79. The van der Waals surface area contributed by atoms with Crippen LogP contribution in [0.5, 0.6) is 0 Å². The smallest absolute Gasteiger partial charge is 0.160 e. The van der Waals surface area contributed by atoms with Crippen molar-refractivity contribution in [3.8, 4) is 0 Å². The van der Waals surface area contributed by atoms with E-state index in [0.29, 0.717) is 5.92 Å². The highest BCUT2D eigenvalue weighted by Crippen LogP contribution is 2.42. The zero-order valence-corrected chi connectivity index (χ0v) is 11.6. The predicted octanol–water partition coefficient (Wildman–Crippen LogP) is 2.25. The van der Waals surface area contributed by atoms with Gasteiger partial charge in [-0.15, -0.1) is 0 Å². The maximum atomic E-state index is 5.61. The third kappa shape index (κ3) is 2.87. The Kier molecular flexibility index (Phi) is 4.30. The number of ether oxygens (including phenoxy) is 1. The molecule has 0 spiro atoms. The number of aromatic nitrogens is 2. The van der Waals surface area contributed by atoms with Gasteiger partial charge in [0.15, 0.2) is 5.82 Å².